The molecule has 4 atom stereocenters. The van der Waals surface area contributed by atoms with Crippen LogP contribution in [0.4, 0.5) is 0 Å². The maximum atomic E-state index is 11.1. The van der Waals surface area contributed by atoms with Gasteiger partial charge in [-0.2, -0.15) is 0 Å². The van der Waals surface area contributed by atoms with Crippen LogP contribution >= 0.6 is 0 Å². The number of carbonyl (C=O) groups is 1. The van der Waals surface area contributed by atoms with E-state index in [1.54, 1.807) is 0 Å². The van der Waals surface area contributed by atoms with Crippen molar-refractivity contribution in [2.24, 2.45) is 22.7 Å². The van der Waals surface area contributed by atoms with Crippen molar-refractivity contribution in [1.29, 1.82) is 0 Å². The minimum Gasteiger partial charge on any atom is -0.481 e. The van der Waals surface area contributed by atoms with Gasteiger partial charge in [0.05, 0.1) is 12.0 Å². The molecule has 0 aliphatic heterocycles. The minimum absolute atomic E-state index is 0.0462. The van der Waals surface area contributed by atoms with E-state index in [1.165, 1.54) is 0 Å². The number of rotatable bonds is 1. The van der Waals surface area contributed by atoms with Gasteiger partial charge in [-0.05, 0) is 29.6 Å². The number of carboxylic acids is 1. The summed E-state index contributed by atoms with van der Waals surface area (Å²) in [6, 6.07) is 0. The second-order valence-electron chi connectivity index (χ2n) is 5.59. The van der Waals surface area contributed by atoms with Gasteiger partial charge in [-0.3, -0.25) is 4.79 Å². The minimum atomic E-state index is -0.834. The lowest BCUT2D eigenvalue weighted by molar-refractivity contribution is -0.149. The number of fused-ring (bicyclic) bond motifs is 2. The zero-order chi connectivity index (χ0) is 10.7. The highest BCUT2D eigenvalue weighted by molar-refractivity contribution is 5.72. The van der Waals surface area contributed by atoms with Crippen LogP contribution in [0.3, 0.4) is 0 Å². The van der Waals surface area contributed by atoms with Gasteiger partial charge >= 0.3 is 5.97 Å². The lowest BCUT2D eigenvalue weighted by Crippen LogP contribution is -2.39. The van der Waals surface area contributed by atoms with Crippen LogP contribution in [0.2, 0.25) is 0 Å². The number of hydrogen-bond acceptors (Lipinski definition) is 2. The Morgan fingerprint density at radius 3 is 2.21 bits per heavy atom. The average molecular weight is 198 g/mol. The Labute approximate surface area is 84.1 Å². The fraction of sp³-hybridized carbons (Fsp3) is 0.909. The predicted molar refractivity (Wildman–Crippen MR) is 51.7 cm³/mol. The second-order valence-corrected chi connectivity index (χ2v) is 5.59. The van der Waals surface area contributed by atoms with Crippen LogP contribution in [0, 0.1) is 22.7 Å². The summed E-state index contributed by atoms with van der Waals surface area (Å²) in [4.78, 5) is 11.1. The first-order chi connectivity index (χ1) is 6.32. The highest BCUT2D eigenvalue weighted by Gasteiger charge is 2.67. The molecule has 2 aliphatic rings. The van der Waals surface area contributed by atoms with Crippen molar-refractivity contribution in [3.8, 4) is 0 Å². The molecule has 0 aromatic carbocycles. The monoisotopic (exact) mass is 198 g/mol. The third-order valence-electron chi connectivity index (χ3n) is 5.09. The van der Waals surface area contributed by atoms with E-state index in [4.69, 9.17) is 5.11 Å². The molecule has 2 N–H and O–H groups in total. The van der Waals surface area contributed by atoms with Crippen LogP contribution in [0.1, 0.15) is 33.6 Å². The maximum absolute atomic E-state index is 11.1. The van der Waals surface area contributed by atoms with Gasteiger partial charge in [0.2, 0.25) is 0 Å². The quantitative estimate of drug-likeness (QED) is 0.671. The van der Waals surface area contributed by atoms with Gasteiger partial charge in [-0.15, -0.1) is 0 Å². The number of hydrogen-bond donors (Lipinski definition) is 2. The third kappa shape index (κ3) is 0.842. The highest BCUT2D eigenvalue weighted by Crippen LogP contribution is 2.67. The van der Waals surface area contributed by atoms with Crippen LogP contribution < -0.4 is 0 Å². The molecule has 2 saturated carbocycles. The maximum Gasteiger partial charge on any atom is 0.309 e. The summed E-state index contributed by atoms with van der Waals surface area (Å²) < 4.78 is 0. The largest absolute Gasteiger partial charge is 0.481 e. The first-order valence-electron chi connectivity index (χ1n) is 5.23. The number of aliphatic carboxylic acids is 1. The molecule has 0 amide bonds. The van der Waals surface area contributed by atoms with Crippen molar-refractivity contribution >= 4 is 5.97 Å². The van der Waals surface area contributed by atoms with Gasteiger partial charge in [-0.25, -0.2) is 0 Å². The molecular formula is C11H18O3. The van der Waals surface area contributed by atoms with Crippen molar-refractivity contribution in [3.05, 3.63) is 0 Å². The van der Waals surface area contributed by atoms with E-state index in [0.29, 0.717) is 0 Å². The zero-order valence-corrected chi connectivity index (χ0v) is 8.95. The van der Waals surface area contributed by atoms with E-state index < -0.39 is 18.0 Å². The Hall–Kier alpha value is -0.570. The Balaban J connectivity index is 2.44. The van der Waals surface area contributed by atoms with E-state index >= 15 is 0 Å². The van der Waals surface area contributed by atoms with Crippen molar-refractivity contribution in [2.45, 2.75) is 39.7 Å². The van der Waals surface area contributed by atoms with Crippen LogP contribution in [-0.4, -0.2) is 22.3 Å². The summed E-state index contributed by atoms with van der Waals surface area (Å²) in [5, 5.41) is 19.2. The molecule has 3 nitrogen and oxygen atoms in total. The molecule has 0 heterocycles. The van der Waals surface area contributed by atoms with Crippen LogP contribution in [0.15, 0.2) is 0 Å². The van der Waals surface area contributed by atoms with Gasteiger partial charge in [0.15, 0.2) is 0 Å². The van der Waals surface area contributed by atoms with Crippen molar-refractivity contribution in [3.63, 3.8) is 0 Å². The van der Waals surface area contributed by atoms with Gasteiger partial charge in [0.1, 0.15) is 0 Å². The molecule has 2 bridgehead atoms. The normalized spacial score (nSPS) is 49.6. The van der Waals surface area contributed by atoms with E-state index in [-0.39, 0.29) is 16.7 Å². The molecule has 0 spiro atoms. The summed E-state index contributed by atoms with van der Waals surface area (Å²) in [5.41, 5.74) is -0.254. The molecule has 2 fully saturated rings. The Bertz CT molecular complexity index is 284. The number of aliphatic hydroxyl groups is 1. The first-order valence-corrected chi connectivity index (χ1v) is 5.23. The molecule has 0 aromatic rings. The molecule has 0 radical (unpaired) electrons. The van der Waals surface area contributed by atoms with Crippen molar-refractivity contribution < 1.29 is 15.0 Å². The second kappa shape index (κ2) is 2.51. The summed E-state index contributed by atoms with van der Waals surface area (Å²) in [7, 11) is 0. The molecular weight excluding hydrogens is 180 g/mol. The molecule has 0 saturated heterocycles. The summed E-state index contributed by atoms with van der Waals surface area (Å²) >= 11 is 0. The van der Waals surface area contributed by atoms with Crippen molar-refractivity contribution in [2.75, 3.05) is 0 Å². The van der Waals surface area contributed by atoms with Gasteiger partial charge in [0, 0.05) is 0 Å². The predicted octanol–water partition coefficient (Wildman–Crippen LogP) is 1.50. The molecule has 80 valence electrons. The third-order valence-corrected chi connectivity index (χ3v) is 5.09. The number of aliphatic hydroxyl groups excluding tert-OH is 1. The van der Waals surface area contributed by atoms with Crippen LogP contribution in [0.25, 0.3) is 0 Å². The Morgan fingerprint density at radius 2 is 1.93 bits per heavy atom. The first kappa shape index (κ1) is 9.97. The standard InChI is InChI=1S/C11H18O3/c1-10(2)6-4-5-11(10,3)8(12)7(6)9(13)14/h6-8,12H,4-5H2,1-3H3,(H,13,14)/t6-,7-,8-,11+/m0/s1. The van der Waals surface area contributed by atoms with Crippen molar-refractivity contribution in [1.82, 2.24) is 0 Å². The number of carboxylic acid groups (broad SMARTS) is 1. The van der Waals surface area contributed by atoms with Gasteiger partial charge in [-0.1, -0.05) is 20.8 Å². The fourth-order valence-corrected chi connectivity index (χ4v) is 3.64. The molecule has 2 aliphatic carbocycles. The SMILES string of the molecule is CC1(C)[C@H]2CC[C@]1(C)[C@@H](O)[C@H]2C(=O)O. The highest BCUT2D eigenvalue weighted by atomic mass is 16.4. The molecule has 14 heavy (non-hydrogen) atoms. The van der Waals surface area contributed by atoms with Gasteiger partial charge < -0.3 is 10.2 Å². The van der Waals surface area contributed by atoms with E-state index in [2.05, 4.69) is 13.8 Å². The van der Waals surface area contributed by atoms with E-state index in [9.17, 15) is 9.90 Å². The van der Waals surface area contributed by atoms with Crippen LogP contribution in [0.5, 0.6) is 0 Å². The average Bonchev–Trinajstić information content (AvgIpc) is 2.35. The zero-order valence-electron chi connectivity index (χ0n) is 8.95. The lowest BCUT2D eigenvalue weighted by atomic mass is 9.70. The van der Waals surface area contributed by atoms with E-state index in [1.807, 2.05) is 6.92 Å². The lowest BCUT2D eigenvalue weighted by Gasteiger charge is -2.36. The molecule has 2 rings (SSSR count). The van der Waals surface area contributed by atoms with Crippen LogP contribution in [-0.2, 0) is 4.79 Å². The van der Waals surface area contributed by atoms with Gasteiger partial charge in [0.25, 0.3) is 0 Å². The summed E-state index contributed by atoms with van der Waals surface area (Å²) in [5.74, 6) is -1.25. The topological polar surface area (TPSA) is 57.5 Å². The fourth-order valence-electron chi connectivity index (χ4n) is 3.64. The smallest absolute Gasteiger partial charge is 0.309 e. The summed E-state index contributed by atoms with van der Waals surface area (Å²) in [6.07, 6.45) is 1.22. The molecule has 0 unspecified atom stereocenters. The van der Waals surface area contributed by atoms with E-state index in [0.717, 1.165) is 12.8 Å². The molecule has 3 heteroatoms. The summed E-state index contributed by atoms with van der Waals surface area (Å²) in [6.45, 7) is 6.22. The molecule has 0 aromatic heterocycles. The Morgan fingerprint density at radius 1 is 1.36 bits per heavy atom. The Kier molecular flexibility index (Phi) is 1.79.